The average molecular weight is 432 g/mol. The number of nitrogens with one attached hydrogen (secondary N) is 2. The molecule has 0 atom stereocenters. The van der Waals surface area contributed by atoms with Crippen LogP contribution in [0.2, 0.25) is 0 Å². The van der Waals surface area contributed by atoms with Crippen LogP contribution in [-0.4, -0.2) is 24.6 Å². The summed E-state index contributed by atoms with van der Waals surface area (Å²) < 4.78 is 6.69. The molecule has 6 nitrogen and oxygen atoms in total. The fourth-order valence-electron chi connectivity index (χ4n) is 2.08. The minimum atomic E-state index is -0.811. The first-order chi connectivity index (χ1) is 13.0. The van der Waals surface area contributed by atoms with Gasteiger partial charge in [0.2, 0.25) is 0 Å². The molecule has 0 fully saturated rings. The van der Waals surface area contributed by atoms with E-state index < -0.39 is 11.8 Å². The number of benzene rings is 2. The largest absolute Gasteiger partial charge is 0.488 e. The Morgan fingerprint density at radius 3 is 2.59 bits per heavy atom. The third-order valence-corrected chi connectivity index (χ3v) is 3.95. The van der Waals surface area contributed by atoms with Crippen molar-refractivity contribution in [1.82, 2.24) is 10.7 Å². The van der Waals surface area contributed by atoms with Crippen LogP contribution in [0.1, 0.15) is 25.0 Å². The average Bonchev–Trinajstić information content (AvgIpc) is 2.66. The summed E-state index contributed by atoms with van der Waals surface area (Å²) in [5, 5.41) is 6.39. The molecule has 2 N–H and O–H groups in total. The molecule has 2 rings (SSSR count). The highest BCUT2D eigenvalue weighted by Crippen LogP contribution is 2.22. The zero-order valence-electron chi connectivity index (χ0n) is 15.2. The number of ether oxygens (including phenoxy) is 1. The monoisotopic (exact) mass is 431 g/mol. The Hall–Kier alpha value is -2.67. The van der Waals surface area contributed by atoms with Crippen molar-refractivity contribution in [3.8, 4) is 5.75 Å². The summed E-state index contributed by atoms with van der Waals surface area (Å²) in [4.78, 5) is 23.4. The van der Waals surface area contributed by atoms with E-state index in [0.29, 0.717) is 24.5 Å². The second-order valence-corrected chi connectivity index (χ2v) is 7.18. The van der Waals surface area contributed by atoms with Gasteiger partial charge in [0, 0.05) is 16.6 Å². The van der Waals surface area contributed by atoms with Crippen LogP contribution in [0, 0.1) is 5.92 Å². The van der Waals surface area contributed by atoms with E-state index in [0.717, 1.165) is 10.0 Å². The van der Waals surface area contributed by atoms with E-state index in [9.17, 15) is 9.59 Å². The van der Waals surface area contributed by atoms with Crippen molar-refractivity contribution in [2.45, 2.75) is 20.5 Å². The molecule has 0 saturated carbocycles. The standard InChI is InChI=1S/C20H22BrN3O3/c1-14(2)11-22-19(25)20(26)24-23-12-16-10-17(21)8-9-18(16)27-13-15-6-4-3-5-7-15/h3-10,12,14H,11,13H2,1-2H3,(H,22,25)(H,24,26)/b23-12-. The molecule has 142 valence electrons. The molecule has 2 aromatic carbocycles. The number of halogens is 1. The van der Waals surface area contributed by atoms with Gasteiger partial charge >= 0.3 is 11.8 Å². The number of hydrogen-bond donors (Lipinski definition) is 2. The van der Waals surface area contributed by atoms with E-state index in [1.54, 1.807) is 0 Å². The topological polar surface area (TPSA) is 79.8 Å². The Kier molecular flexibility index (Phi) is 8.00. The second-order valence-electron chi connectivity index (χ2n) is 6.26. The van der Waals surface area contributed by atoms with Gasteiger partial charge in [-0.05, 0) is 29.7 Å². The highest BCUT2D eigenvalue weighted by atomic mass is 79.9. The quantitative estimate of drug-likeness (QED) is 0.401. The number of nitrogens with zero attached hydrogens (tertiary/aromatic N) is 1. The van der Waals surface area contributed by atoms with Gasteiger partial charge < -0.3 is 10.1 Å². The molecule has 0 heterocycles. The number of rotatable bonds is 7. The zero-order valence-corrected chi connectivity index (χ0v) is 16.8. The lowest BCUT2D eigenvalue weighted by molar-refractivity contribution is -0.139. The first kappa shape index (κ1) is 20.6. The maximum atomic E-state index is 11.7. The molecule has 7 heteroatoms. The summed E-state index contributed by atoms with van der Waals surface area (Å²) >= 11 is 3.40. The van der Waals surface area contributed by atoms with Crippen molar-refractivity contribution in [1.29, 1.82) is 0 Å². The minimum Gasteiger partial charge on any atom is -0.488 e. The summed E-state index contributed by atoms with van der Waals surface area (Å²) in [6.45, 7) is 4.73. The van der Waals surface area contributed by atoms with E-state index in [2.05, 4.69) is 31.8 Å². The van der Waals surface area contributed by atoms with Crippen molar-refractivity contribution >= 4 is 34.0 Å². The van der Waals surface area contributed by atoms with Gasteiger partial charge in [-0.2, -0.15) is 5.10 Å². The van der Waals surface area contributed by atoms with E-state index in [1.807, 2.05) is 62.4 Å². The third kappa shape index (κ3) is 7.22. The summed E-state index contributed by atoms with van der Waals surface area (Å²) in [6.07, 6.45) is 1.44. The number of amides is 2. The molecule has 0 spiro atoms. The lowest BCUT2D eigenvalue weighted by Gasteiger charge is -2.10. The summed E-state index contributed by atoms with van der Waals surface area (Å²) in [7, 11) is 0. The summed E-state index contributed by atoms with van der Waals surface area (Å²) in [5.74, 6) is -0.648. The van der Waals surface area contributed by atoms with Crippen molar-refractivity contribution in [3.63, 3.8) is 0 Å². The molecule has 0 saturated heterocycles. The third-order valence-electron chi connectivity index (χ3n) is 3.46. The van der Waals surface area contributed by atoms with Gasteiger partial charge in [-0.1, -0.05) is 60.1 Å². The Balaban J connectivity index is 1.98. The van der Waals surface area contributed by atoms with Crippen LogP contribution < -0.4 is 15.5 Å². The van der Waals surface area contributed by atoms with Gasteiger partial charge in [-0.25, -0.2) is 5.43 Å². The summed E-state index contributed by atoms with van der Waals surface area (Å²) in [5.41, 5.74) is 3.93. The van der Waals surface area contributed by atoms with E-state index in [4.69, 9.17) is 4.74 Å². The van der Waals surface area contributed by atoms with E-state index >= 15 is 0 Å². The molecular weight excluding hydrogens is 410 g/mol. The first-order valence-electron chi connectivity index (χ1n) is 8.53. The number of hydrazone groups is 1. The number of carbonyl (C=O) groups excluding carboxylic acids is 2. The van der Waals surface area contributed by atoms with E-state index in [1.165, 1.54) is 6.21 Å². The molecular formula is C20H22BrN3O3. The molecule has 0 aliphatic rings. The van der Waals surface area contributed by atoms with Crippen molar-refractivity contribution in [2.75, 3.05) is 6.54 Å². The van der Waals surface area contributed by atoms with Crippen LogP contribution in [-0.2, 0) is 16.2 Å². The lowest BCUT2D eigenvalue weighted by atomic mass is 10.2. The molecule has 0 aromatic heterocycles. The number of hydrogen-bond acceptors (Lipinski definition) is 4. The van der Waals surface area contributed by atoms with Gasteiger partial charge in [-0.3, -0.25) is 9.59 Å². The van der Waals surface area contributed by atoms with Gasteiger partial charge in [0.25, 0.3) is 0 Å². The Morgan fingerprint density at radius 2 is 1.89 bits per heavy atom. The van der Waals surface area contributed by atoms with Gasteiger partial charge in [0.15, 0.2) is 0 Å². The van der Waals surface area contributed by atoms with Crippen molar-refractivity contribution in [3.05, 3.63) is 64.1 Å². The van der Waals surface area contributed by atoms with E-state index in [-0.39, 0.29) is 5.92 Å². The second kappa shape index (κ2) is 10.5. The summed E-state index contributed by atoms with van der Waals surface area (Å²) in [6, 6.07) is 15.3. The first-order valence-corrected chi connectivity index (χ1v) is 9.32. The zero-order chi connectivity index (χ0) is 19.6. The molecule has 27 heavy (non-hydrogen) atoms. The lowest BCUT2D eigenvalue weighted by Crippen LogP contribution is -2.39. The predicted molar refractivity (Wildman–Crippen MR) is 109 cm³/mol. The minimum absolute atomic E-state index is 0.260. The molecule has 2 aromatic rings. The van der Waals surface area contributed by atoms with Crippen LogP contribution in [0.4, 0.5) is 0 Å². The Morgan fingerprint density at radius 1 is 1.15 bits per heavy atom. The molecule has 0 radical (unpaired) electrons. The molecule has 0 unspecified atom stereocenters. The molecule has 0 bridgehead atoms. The maximum absolute atomic E-state index is 11.7. The van der Waals surface area contributed by atoms with Gasteiger partial charge in [-0.15, -0.1) is 0 Å². The highest BCUT2D eigenvalue weighted by molar-refractivity contribution is 9.10. The van der Waals surface area contributed by atoms with Crippen LogP contribution >= 0.6 is 15.9 Å². The highest BCUT2D eigenvalue weighted by Gasteiger charge is 2.12. The normalized spacial score (nSPS) is 10.8. The fourth-order valence-corrected chi connectivity index (χ4v) is 2.45. The maximum Gasteiger partial charge on any atom is 0.329 e. The van der Waals surface area contributed by atoms with Crippen LogP contribution in [0.3, 0.4) is 0 Å². The van der Waals surface area contributed by atoms with Gasteiger partial charge in [0.05, 0.1) is 6.21 Å². The van der Waals surface area contributed by atoms with Crippen LogP contribution in [0.25, 0.3) is 0 Å². The molecule has 0 aliphatic heterocycles. The predicted octanol–water partition coefficient (Wildman–Crippen LogP) is 3.25. The van der Waals surface area contributed by atoms with Crippen molar-refractivity contribution < 1.29 is 14.3 Å². The number of carbonyl (C=O) groups is 2. The Labute approximate surface area is 167 Å². The fraction of sp³-hybridized carbons (Fsp3) is 0.250. The molecule has 2 amide bonds. The smallest absolute Gasteiger partial charge is 0.329 e. The van der Waals surface area contributed by atoms with Crippen LogP contribution in [0.15, 0.2) is 58.1 Å². The van der Waals surface area contributed by atoms with Gasteiger partial charge in [0.1, 0.15) is 12.4 Å². The van der Waals surface area contributed by atoms with Crippen molar-refractivity contribution in [2.24, 2.45) is 11.0 Å². The Bertz CT molecular complexity index is 807. The molecule has 0 aliphatic carbocycles. The van der Waals surface area contributed by atoms with Crippen LogP contribution in [0.5, 0.6) is 5.75 Å². The SMILES string of the molecule is CC(C)CNC(=O)C(=O)N/N=C\c1cc(Br)ccc1OCc1ccccc1.